The number of carbonyl (C=O) groups excluding carboxylic acids is 1. The number of ether oxygens (including phenoxy) is 1. The molecule has 0 fully saturated rings. The maximum atomic E-state index is 12.3. The quantitative estimate of drug-likeness (QED) is 0.425. The fraction of sp³-hybridized carbons (Fsp3) is 0.176. The molecule has 0 aliphatic carbocycles. The third-order valence-corrected chi connectivity index (χ3v) is 6.79. The van der Waals surface area contributed by atoms with Crippen LogP contribution >= 0.6 is 22.9 Å². The molecule has 29 heavy (non-hydrogen) atoms. The monoisotopic (exact) mass is 455 g/mol. The smallest absolute Gasteiger partial charge is 0.274 e. The van der Waals surface area contributed by atoms with E-state index in [-0.39, 0.29) is 33.6 Å². The molecule has 0 aliphatic heterocycles. The molecule has 1 N–H and O–H groups in total. The fourth-order valence-electron chi connectivity index (χ4n) is 2.47. The first kappa shape index (κ1) is 21.0. The predicted octanol–water partition coefficient (Wildman–Crippen LogP) is 3.67. The van der Waals surface area contributed by atoms with E-state index in [2.05, 4.69) is 10.3 Å². The lowest BCUT2D eigenvalue weighted by Crippen LogP contribution is -2.17. The number of aromatic nitrogens is 1. The van der Waals surface area contributed by atoms with E-state index in [1.807, 2.05) is 0 Å². The van der Waals surface area contributed by atoms with Crippen molar-refractivity contribution in [2.24, 2.45) is 0 Å². The molecule has 0 atom stereocenters. The average Bonchev–Trinajstić information content (AvgIpc) is 3.08. The van der Waals surface area contributed by atoms with E-state index in [0.29, 0.717) is 15.2 Å². The number of nitro groups is 1. The van der Waals surface area contributed by atoms with Crippen LogP contribution < -0.4 is 10.1 Å². The molecule has 0 saturated heterocycles. The molecule has 9 nitrogen and oxygen atoms in total. The van der Waals surface area contributed by atoms with Gasteiger partial charge in [-0.1, -0.05) is 22.9 Å². The first-order chi connectivity index (χ1) is 13.7. The summed E-state index contributed by atoms with van der Waals surface area (Å²) < 4.78 is 30.2. The number of hydrogen-bond acceptors (Lipinski definition) is 8. The number of non-ortho nitro benzene ring substituents is 1. The fourth-order valence-corrected chi connectivity index (χ4v) is 4.77. The zero-order valence-corrected chi connectivity index (χ0v) is 17.3. The number of thiazole rings is 1. The molecule has 0 bridgehead atoms. The molecule has 0 spiro atoms. The third-order valence-electron chi connectivity index (χ3n) is 3.89. The second-order valence-electron chi connectivity index (χ2n) is 5.84. The molecule has 3 aromatic rings. The molecule has 0 aliphatic rings. The van der Waals surface area contributed by atoms with Gasteiger partial charge in [0.25, 0.3) is 5.69 Å². The van der Waals surface area contributed by atoms with Gasteiger partial charge in [0.1, 0.15) is 5.52 Å². The Hall–Kier alpha value is -2.76. The van der Waals surface area contributed by atoms with Gasteiger partial charge in [0.2, 0.25) is 5.91 Å². The second-order valence-corrected chi connectivity index (χ2v) is 9.42. The molecule has 1 aromatic heterocycles. The van der Waals surface area contributed by atoms with E-state index in [0.717, 1.165) is 11.3 Å². The van der Waals surface area contributed by atoms with Gasteiger partial charge in [0.05, 0.1) is 33.4 Å². The number of fused-ring (bicyclic) bond motifs is 1. The number of sulfone groups is 1. The largest absolute Gasteiger partial charge is 0.494 e. The van der Waals surface area contributed by atoms with Gasteiger partial charge in [0.15, 0.2) is 20.7 Å². The van der Waals surface area contributed by atoms with Crippen molar-refractivity contribution in [1.82, 2.24) is 4.98 Å². The number of nitrogens with one attached hydrogen (secondary N) is 1. The minimum atomic E-state index is -3.65. The number of nitro benzene ring substituents is 1. The Bertz CT molecular complexity index is 1190. The van der Waals surface area contributed by atoms with Gasteiger partial charge in [-0.2, -0.15) is 0 Å². The van der Waals surface area contributed by atoms with Crippen molar-refractivity contribution in [3.05, 3.63) is 51.5 Å². The zero-order chi connectivity index (χ0) is 21.2. The molecule has 1 amide bonds. The standard InChI is InChI=1S/C17H14ClN3O6S2/c1-27-13-8-11(21(23)24)9-14-16(13)20-17(28-14)19-15(22)6-7-29(25,26)12-4-2-10(18)3-5-12/h2-5,8-9H,6-7H2,1H3,(H,19,20,22). The van der Waals surface area contributed by atoms with Gasteiger partial charge in [-0.25, -0.2) is 13.4 Å². The number of nitrogens with zero attached hydrogens (tertiary/aromatic N) is 2. The lowest BCUT2D eigenvalue weighted by molar-refractivity contribution is -0.384. The Balaban J connectivity index is 1.73. The third kappa shape index (κ3) is 4.81. The van der Waals surface area contributed by atoms with Crippen LogP contribution in [-0.2, 0) is 14.6 Å². The van der Waals surface area contributed by atoms with Crippen LogP contribution in [0.5, 0.6) is 5.75 Å². The Morgan fingerprint density at radius 2 is 2.00 bits per heavy atom. The number of halogens is 1. The van der Waals surface area contributed by atoms with E-state index in [1.54, 1.807) is 0 Å². The molecular weight excluding hydrogens is 442 g/mol. The summed E-state index contributed by atoms with van der Waals surface area (Å²) >= 11 is 6.78. The van der Waals surface area contributed by atoms with Crippen molar-refractivity contribution in [2.45, 2.75) is 11.3 Å². The maximum absolute atomic E-state index is 12.3. The molecule has 0 radical (unpaired) electrons. The van der Waals surface area contributed by atoms with Crippen LogP contribution in [0.2, 0.25) is 5.02 Å². The molecule has 0 unspecified atom stereocenters. The first-order valence-corrected chi connectivity index (χ1v) is 11.0. The van der Waals surface area contributed by atoms with Crippen molar-refractivity contribution in [3.63, 3.8) is 0 Å². The summed E-state index contributed by atoms with van der Waals surface area (Å²) in [5, 5.41) is 14.1. The zero-order valence-electron chi connectivity index (χ0n) is 14.9. The van der Waals surface area contributed by atoms with Crippen LogP contribution in [0, 0.1) is 10.1 Å². The molecule has 12 heteroatoms. The number of methoxy groups -OCH3 is 1. The lowest BCUT2D eigenvalue weighted by atomic mass is 10.3. The molecule has 1 heterocycles. The topological polar surface area (TPSA) is 128 Å². The highest BCUT2D eigenvalue weighted by molar-refractivity contribution is 7.91. The van der Waals surface area contributed by atoms with Crippen molar-refractivity contribution >= 4 is 59.7 Å². The van der Waals surface area contributed by atoms with E-state index < -0.39 is 20.7 Å². The summed E-state index contributed by atoms with van der Waals surface area (Å²) in [5.74, 6) is -0.730. The molecule has 0 saturated carbocycles. The number of hydrogen-bond donors (Lipinski definition) is 1. The summed E-state index contributed by atoms with van der Waals surface area (Å²) in [7, 11) is -2.29. The summed E-state index contributed by atoms with van der Waals surface area (Å²) in [4.78, 5) is 26.9. The normalized spacial score (nSPS) is 11.4. The number of amides is 1. The van der Waals surface area contributed by atoms with Crippen LogP contribution in [0.15, 0.2) is 41.3 Å². The van der Waals surface area contributed by atoms with Gasteiger partial charge in [-0.3, -0.25) is 14.9 Å². The van der Waals surface area contributed by atoms with E-state index >= 15 is 0 Å². The first-order valence-electron chi connectivity index (χ1n) is 8.11. The van der Waals surface area contributed by atoms with Crippen molar-refractivity contribution < 1.29 is 22.9 Å². The number of rotatable bonds is 7. The second kappa shape index (κ2) is 8.31. The number of anilines is 1. The Morgan fingerprint density at radius 3 is 2.62 bits per heavy atom. The highest BCUT2D eigenvalue weighted by Crippen LogP contribution is 2.36. The number of carbonyl (C=O) groups is 1. The molecule has 152 valence electrons. The van der Waals surface area contributed by atoms with Gasteiger partial charge in [0, 0.05) is 17.5 Å². The van der Waals surface area contributed by atoms with Crippen LogP contribution in [0.3, 0.4) is 0 Å². The minimum absolute atomic E-state index is 0.0757. The highest BCUT2D eigenvalue weighted by atomic mass is 35.5. The van der Waals surface area contributed by atoms with E-state index in [4.69, 9.17) is 16.3 Å². The maximum Gasteiger partial charge on any atom is 0.274 e. The number of benzene rings is 2. The Morgan fingerprint density at radius 1 is 1.31 bits per heavy atom. The van der Waals surface area contributed by atoms with Crippen LogP contribution in [0.4, 0.5) is 10.8 Å². The van der Waals surface area contributed by atoms with Crippen LogP contribution in [0.25, 0.3) is 10.2 Å². The predicted molar refractivity (Wildman–Crippen MR) is 110 cm³/mol. The average molecular weight is 456 g/mol. The van der Waals surface area contributed by atoms with E-state index in [1.165, 1.54) is 43.5 Å². The SMILES string of the molecule is COc1cc([N+](=O)[O-])cc2sc(NC(=O)CCS(=O)(=O)c3ccc(Cl)cc3)nc12. The summed E-state index contributed by atoms with van der Waals surface area (Å²) in [6, 6.07) is 8.25. The van der Waals surface area contributed by atoms with Crippen molar-refractivity contribution in [2.75, 3.05) is 18.2 Å². The van der Waals surface area contributed by atoms with Gasteiger partial charge >= 0.3 is 0 Å². The van der Waals surface area contributed by atoms with Gasteiger partial charge < -0.3 is 10.1 Å². The molecule has 2 aromatic carbocycles. The Kier molecular flexibility index (Phi) is 6.01. The van der Waals surface area contributed by atoms with Gasteiger partial charge in [-0.05, 0) is 24.3 Å². The van der Waals surface area contributed by atoms with Crippen LogP contribution in [-0.4, -0.2) is 37.1 Å². The highest BCUT2D eigenvalue weighted by Gasteiger charge is 2.19. The van der Waals surface area contributed by atoms with Crippen molar-refractivity contribution in [3.8, 4) is 5.75 Å². The lowest BCUT2D eigenvalue weighted by Gasteiger charge is -2.05. The summed E-state index contributed by atoms with van der Waals surface area (Å²) in [6.07, 6.45) is -0.280. The summed E-state index contributed by atoms with van der Waals surface area (Å²) in [5.41, 5.74) is 0.206. The van der Waals surface area contributed by atoms with Crippen molar-refractivity contribution in [1.29, 1.82) is 0 Å². The molecule has 3 rings (SSSR count). The minimum Gasteiger partial charge on any atom is -0.494 e. The van der Waals surface area contributed by atoms with E-state index in [9.17, 15) is 23.3 Å². The Labute approximate surface area is 174 Å². The van der Waals surface area contributed by atoms with Gasteiger partial charge in [-0.15, -0.1) is 0 Å². The summed E-state index contributed by atoms with van der Waals surface area (Å²) in [6.45, 7) is 0. The molecular formula is C17H14ClN3O6S2. The van der Waals surface area contributed by atoms with Crippen LogP contribution in [0.1, 0.15) is 6.42 Å².